The molecule has 0 aromatic heterocycles. The van der Waals surface area contributed by atoms with Crippen molar-refractivity contribution >= 4 is 23.9 Å². The fourth-order valence-electron chi connectivity index (χ4n) is 0.679. The molecular weight excluding hydrogens is 232 g/mol. The fraction of sp³-hybridized carbons (Fsp3) is 0.333. The lowest BCUT2D eigenvalue weighted by atomic mass is 10.3. The van der Waals surface area contributed by atoms with Crippen molar-refractivity contribution in [1.29, 1.82) is 0 Å². The monoisotopic (exact) mass is 244 g/mol. The van der Waals surface area contributed by atoms with Crippen LogP contribution < -0.4 is 5.32 Å². The Morgan fingerprint density at radius 1 is 1.35 bits per heavy atom. The van der Waals surface area contributed by atoms with Crippen LogP contribution in [0.2, 0.25) is 0 Å². The van der Waals surface area contributed by atoms with E-state index < -0.39 is 23.9 Å². The van der Waals surface area contributed by atoms with Crippen molar-refractivity contribution in [3.8, 4) is 0 Å². The van der Waals surface area contributed by atoms with Crippen LogP contribution in [0.5, 0.6) is 0 Å². The number of rotatable bonds is 2. The lowest BCUT2D eigenvalue weighted by Crippen LogP contribution is -2.42. The first-order chi connectivity index (χ1) is 7.79. The normalized spacial score (nSPS) is 9.06. The number of likely N-dealkylation sites (N-methyl/N-ethyl adjacent to an activating group) is 1. The number of hydrogen-bond acceptors (Lipinski definition) is 5. The Morgan fingerprint density at radius 3 is 2.24 bits per heavy atom. The molecule has 0 bridgehead atoms. The zero-order chi connectivity index (χ0) is 13.6. The number of nitrogens with one attached hydrogen (secondary N) is 1. The van der Waals surface area contributed by atoms with Crippen LogP contribution in [0.1, 0.15) is 13.8 Å². The summed E-state index contributed by atoms with van der Waals surface area (Å²) in [6.45, 7) is 5.87. The molecule has 0 aliphatic rings. The van der Waals surface area contributed by atoms with E-state index >= 15 is 0 Å². The molecule has 94 valence electrons. The third-order valence-electron chi connectivity index (χ3n) is 1.49. The van der Waals surface area contributed by atoms with E-state index in [-0.39, 0.29) is 12.1 Å². The highest BCUT2D eigenvalue weighted by atomic mass is 16.7. The number of hydrogen-bond donors (Lipinski definition) is 2. The van der Waals surface area contributed by atoms with Crippen molar-refractivity contribution in [2.75, 3.05) is 6.54 Å². The number of nitrogens with zero attached hydrogens (tertiary/aromatic N) is 1. The van der Waals surface area contributed by atoms with Crippen molar-refractivity contribution in [2.24, 2.45) is 0 Å². The third-order valence-corrected chi connectivity index (χ3v) is 1.49. The average Bonchev–Trinajstić information content (AvgIpc) is 2.24. The van der Waals surface area contributed by atoms with Crippen molar-refractivity contribution in [3.63, 3.8) is 0 Å². The van der Waals surface area contributed by atoms with Crippen LogP contribution in [0.4, 0.5) is 4.79 Å². The van der Waals surface area contributed by atoms with E-state index in [2.05, 4.69) is 11.4 Å². The molecule has 17 heavy (non-hydrogen) atoms. The Kier molecular flexibility index (Phi) is 5.38. The number of amides is 3. The second-order valence-electron chi connectivity index (χ2n) is 2.92. The molecule has 3 amide bonds. The molecule has 0 aliphatic carbocycles. The first-order valence-electron chi connectivity index (χ1n) is 4.53. The summed E-state index contributed by atoms with van der Waals surface area (Å²) >= 11 is 0. The van der Waals surface area contributed by atoms with Crippen LogP contribution in [0, 0.1) is 0 Å². The number of carbonyl (C=O) groups is 4. The van der Waals surface area contributed by atoms with E-state index in [9.17, 15) is 19.2 Å². The van der Waals surface area contributed by atoms with Gasteiger partial charge in [-0.1, -0.05) is 6.58 Å². The largest absolute Gasteiger partial charge is 0.474 e. The summed E-state index contributed by atoms with van der Waals surface area (Å²) in [6, 6.07) is 0. The molecule has 0 unspecified atom stereocenters. The van der Waals surface area contributed by atoms with Crippen LogP contribution in [0.3, 0.4) is 0 Å². The minimum atomic E-state index is -1.77. The quantitative estimate of drug-likeness (QED) is 0.390. The first-order valence-corrected chi connectivity index (χ1v) is 4.53. The van der Waals surface area contributed by atoms with Gasteiger partial charge in [0.1, 0.15) is 0 Å². The molecule has 0 saturated carbocycles. The SMILES string of the molecule is C=C(C)C(=O)NC(=O)ON(CC)C(=O)C(=O)O. The lowest BCUT2D eigenvalue weighted by molar-refractivity contribution is -0.177. The molecule has 2 N–H and O–H groups in total. The van der Waals surface area contributed by atoms with Gasteiger partial charge >= 0.3 is 18.0 Å². The minimum absolute atomic E-state index is 0.0644. The van der Waals surface area contributed by atoms with E-state index in [1.54, 1.807) is 5.32 Å². The van der Waals surface area contributed by atoms with Gasteiger partial charge in [0.15, 0.2) is 0 Å². The molecule has 0 radical (unpaired) electrons. The number of aliphatic carboxylic acids is 1. The maximum Gasteiger partial charge on any atom is 0.438 e. The summed E-state index contributed by atoms with van der Waals surface area (Å²) in [5, 5.41) is 10.4. The number of carboxylic acid groups (broad SMARTS) is 1. The van der Waals surface area contributed by atoms with Crippen molar-refractivity contribution < 1.29 is 29.1 Å². The maximum atomic E-state index is 11.1. The molecule has 0 saturated heterocycles. The summed E-state index contributed by atoms with van der Waals surface area (Å²) in [5.74, 6) is -3.97. The standard InChI is InChI=1S/C9H12N2O6/c1-4-11(7(13)8(14)15)17-9(16)10-6(12)5(2)3/h2,4H2,1,3H3,(H,14,15)(H,10,12,16). The van der Waals surface area contributed by atoms with Crippen LogP contribution in [0.25, 0.3) is 0 Å². The van der Waals surface area contributed by atoms with E-state index in [0.29, 0.717) is 5.06 Å². The van der Waals surface area contributed by atoms with E-state index in [1.807, 2.05) is 0 Å². The summed E-state index contributed by atoms with van der Waals surface area (Å²) in [7, 11) is 0. The first kappa shape index (κ1) is 14.6. The van der Waals surface area contributed by atoms with Crippen molar-refractivity contribution in [2.45, 2.75) is 13.8 Å². The molecular formula is C9H12N2O6. The van der Waals surface area contributed by atoms with Crippen molar-refractivity contribution in [1.82, 2.24) is 10.4 Å². The summed E-state index contributed by atoms with van der Waals surface area (Å²) in [6.07, 6.45) is -1.26. The second kappa shape index (κ2) is 6.26. The molecule has 0 atom stereocenters. The van der Waals surface area contributed by atoms with Gasteiger partial charge in [0, 0.05) is 5.57 Å². The smallest absolute Gasteiger partial charge is 0.438 e. The lowest BCUT2D eigenvalue weighted by Gasteiger charge is -2.16. The summed E-state index contributed by atoms with van der Waals surface area (Å²) < 4.78 is 0. The zero-order valence-corrected chi connectivity index (χ0v) is 9.35. The molecule has 8 nitrogen and oxygen atoms in total. The third kappa shape index (κ3) is 4.78. The molecule has 0 spiro atoms. The van der Waals surface area contributed by atoms with Crippen LogP contribution in [-0.2, 0) is 19.2 Å². The van der Waals surface area contributed by atoms with Gasteiger partial charge in [0.2, 0.25) is 0 Å². The molecule has 0 rings (SSSR count). The van der Waals surface area contributed by atoms with E-state index in [4.69, 9.17) is 5.11 Å². The number of hydroxylamine groups is 2. The molecule has 0 aromatic carbocycles. The van der Waals surface area contributed by atoms with Gasteiger partial charge in [0.05, 0.1) is 6.54 Å². The minimum Gasteiger partial charge on any atom is -0.474 e. The molecule has 8 heteroatoms. The van der Waals surface area contributed by atoms with Gasteiger partial charge in [-0.15, -0.1) is 0 Å². The highest BCUT2D eigenvalue weighted by Crippen LogP contribution is 1.94. The number of imide groups is 1. The Hall–Kier alpha value is -2.38. The Balaban J connectivity index is 4.45. The van der Waals surface area contributed by atoms with E-state index in [0.717, 1.165) is 0 Å². The van der Waals surface area contributed by atoms with Gasteiger partial charge in [-0.05, 0) is 13.8 Å². The van der Waals surface area contributed by atoms with E-state index in [1.165, 1.54) is 13.8 Å². The predicted octanol–water partition coefficient (Wildman–Crippen LogP) is -0.337. The van der Waals surface area contributed by atoms with Gasteiger partial charge in [-0.2, -0.15) is 5.06 Å². The number of carbonyl (C=O) groups excluding carboxylic acids is 3. The van der Waals surface area contributed by atoms with Crippen LogP contribution in [0.15, 0.2) is 12.2 Å². The van der Waals surface area contributed by atoms with Crippen LogP contribution in [-0.4, -0.2) is 40.6 Å². The Labute approximate surface area is 96.8 Å². The van der Waals surface area contributed by atoms with Gasteiger partial charge < -0.3 is 9.94 Å². The van der Waals surface area contributed by atoms with Crippen LogP contribution >= 0.6 is 0 Å². The summed E-state index contributed by atoms with van der Waals surface area (Å²) in [5.41, 5.74) is 0.0644. The molecule has 0 heterocycles. The number of carboxylic acids is 1. The Bertz CT molecular complexity index is 376. The summed E-state index contributed by atoms with van der Waals surface area (Å²) in [4.78, 5) is 47.7. The fourth-order valence-corrected chi connectivity index (χ4v) is 0.679. The zero-order valence-electron chi connectivity index (χ0n) is 9.35. The molecule has 0 aromatic rings. The second-order valence-corrected chi connectivity index (χ2v) is 2.92. The van der Waals surface area contributed by atoms with Crippen molar-refractivity contribution in [3.05, 3.63) is 12.2 Å². The van der Waals surface area contributed by atoms with Gasteiger partial charge in [-0.25, -0.2) is 9.59 Å². The highest BCUT2D eigenvalue weighted by Gasteiger charge is 2.24. The average molecular weight is 244 g/mol. The van der Waals surface area contributed by atoms with Gasteiger partial charge in [-0.3, -0.25) is 14.9 Å². The molecule has 0 aliphatic heterocycles. The van der Waals surface area contributed by atoms with Gasteiger partial charge in [0.25, 0.3) is 5.91 Å². The topological polar surface area (TPSA) is 113 Å². The Morgan fingerprint density at radius 2 is 1.88 bits per heavy atom. The highest BCUT2D eigenvalue weighted by molar-refractivity contribution is 6.31. The maximum absolute atomic E-state index is 11.1. The molecule has 0 fully saturated rings. The predicted molar refractivity (Wildman–Crippen MR) is 54.5 cm³/mol.